The summed E-state index contributed by atoms with van der Waals surface area (Å²) in [7, 11) is 3.40. The normalized spacial score (nSPS) is 14.5. The van der Waals surface area contributed by atoms with E-state index in [0.717, 1.165) is 5.75 Å². The predicted molar refractivity (Wildman–Crippen MR) is 65.9 cm³/mol. The van der Waals surface area contributed by atoms with Gasteiger partial charge in [-0.25, -0.2) is 0 Å². The van der Waals surface area contributed by atoms with Crippen LogP contribution >= 0.6 is 0 Å². The molecule has 1 N–H and O–H groups in total. The summed E-state index contributed by atoms with van der Waals surface area (Å²) in [5.74, 6) is 0.894. The molecule has 0 heterocycles. The van der Waals surface area contributed by atoms with Gasteiger partial charge in [0.1, 0.15) is 5.75 Å². The Labute approximate surface area is 97.8 Å². The van der Waals surface area contributed by atoms with Gasteiger partial charge in [-0.1, -0.05) is 12.1 Å². The molecule has 0 radical (unpaired) electrons. The molecule has 1 rings (SSSR count). The predicted octanol–water partition coefficient (Wildman–Crippen LogP) is 2.38. The first-order chi connectivity index (χ1) is 7.67. The molecule has 1 unspecified atom stereocenters. The lowest BCUT2D eigenvalue weighted by molar-refractivity contribution is 0.167. The molecule has 1 aromatic rings. The van der Waals surface area contributed by atoms with Crippen molar-refractivity contribution in [2.24, 2.45) is 0 Å². The van der Waals surface area contributed by atoms with E-state index in [-0.39, 0.29) is 0 Å². The fraction of sp³-hybridized carbons (Fsp3) is 0.538. The molecule has 3 heteroatoms. The molecule has 1 aromatic carbocycles. The zero-order valence-corrected chi connectivity index (χ0v) is 10.5. The molecule has 0 aliphatic heterocycles. The van der Waals surface area contributed by atoms with E-state index in [1.54, 1.807) is 14.2 Å². The van der Waals surface area contributed by atoms with Crippen LogP contribution < -0.4 is 10.1 Å². The molecule has 0 aliphatic rings. The average molecular weight is 223 g/mol. The van der Waals surface area contributed by atoms with Crippen molar-refractivity contribution in [3.8, 4) is 5.75 Å². The van der Waals surface area contributed by atoms with E-state index in [2.05, 4.69) is 31.3 Å². The first kappa shape index (κ1) is 13.0. The van der Waals surface area contributed by atoms with E-state index < -0.39 is 0 Å². The van der Waals surface area contributed by atoms with Crippen LogP contribution in [-0.4, -0.2) is 26.9 Å². The Balaban J connectivity index is 2.61. The molecule has 2 atom stereocenters. The Bertz CT molecular complexity index is 315. The van der Waals surface area contributed by atoms with E-state index in [0.29, 0.717) is 18.7 Å². The average Bonchev–Trinajstić information content (AvgIpc) is 2.29. The molecule has 0 amide bonds. The van der Waals surface area contributed by atoms with Gasteiger partial charge in [-0.2, -0.15) is 0 Å². The van der Waals surface area contributed by atoms with Crippen LogP contribution in [0.2, 0.25) is 0 Å². The van der Waals surface area contributed by atoms with Gasteiger partial charge in [0.25, 0.3) is 0 Å². The van der Waals surface area contributed by atoms with Crippen LogP contribution in [0.1, 0.15) is 25.5 Å². The highest BCUT2D eigenvalue weighted by molar-refractivity contribution is 5.30. The second kappa shape index (κ2) is 6.51. The molecule has 0 saturated heterocycles. The van der Waals surface area contributed by atoms with E-state index in [9.17, 15) is 0 Å². The maximum Gasteiger partial charge on any atom is 0.119 e. The molecule has 3 nitrogen and oxygen atoms in total. The van der Waals surface area contributed by atoms with Crippen LogP contribution in [-0.2, 0) is 4.74 Å². The molecule has 0 aromatic heterocycles. The van der Waals surface area contributed by atoms with Gasteiger partial charge in [0.05, 0.1) is 13.7 Å². The smallest absolute Gasteiger partial charge is 0.119 e. The molecule has 0 aliphatic carbocycles. The van der Waals surface area contributed by atoms with Crippen LogP contribution in [0.5, 0.6) is 5.75 Å². The van der Waals surface area contributed by atoms with Crippen LogP contribution in [0.25, 0.3) is 0 Å². The lowest BCUT2D eigenvalue weighted by atomic mass is 10.1. The first-order valence-corrected chi connectivity index (χ1v) is 5.56. The Morgan fingerprint density at radius 3 is 2.62 bits per heavy atom. The Hall–Kier alpha value is -1.06. The van der Waals surface area contributed by atoms with Gasteiger partial charge in [-0.15, -0.1) is 0 Å². The van der Waals surface area contributed by atoms with Gasteiger partial charge in [0.15, 0.2) is 0 Å². The molecular weight excluding hydrogens is 202 g/mol. The number of nitrogens with one attached hydrogen (secondary N) is 1. The van der Waals surface area contributed by atoms with Crippen molar-refractivity contribution < 1.29 is 9.47 Å². The first-order valence-electron chi connectivity index (χ1n) is 5.56. The Morgan fingerprint density at radius 2 is 2.00 bits per heavy atom. The third-order valence-electron chi connectivity index (χ3n) is 2.54. The van der Waals surface area contributed by atoms with E-state index in [4.69, 9.17) is 9.47 Å². The minimum atomic E-state index is 0.292. The van der Waals surface area contributed by atoms with Crippen molar-refractivity contribution in [2.75, 3.05) is 20.8 Å². The summed E-state index contributed by atoms with van der Waals surface area (Å²) in [6.45, 7) is 4.97. The summed E-state index contributed by atoms with van der Waals surface area (Å²) in [5, 5.41) is 3.47. The highest BCUT2D eigenvalue weighted by Crippen LogP contribution is 2.18. The van der Waals surface area contributed by atoms with E-state index >= 15 is 0 Å². The maximum atomic E-state index is 5.21. The van der Waals surface area contributed by atoms with Gasteiger partial charge in [0, 0.05) is 19.2 Å². The molecule has 90 valence electrons. The van der Waals surface area contributed by atoms with E-state index in [1.807, 2.05) is 12.1 Å². The summed E-state index contributed by atoms with van der Waals surface area (Å²) in [4.78, 5) is 0. The standard InChI is InChI=1S/C13H21NO2/c1-10(9-15-3)14-11(2)12-6-5-7-13(8-12)16-4/h5-8,10-11,14H,9H2,1-4H3/t10?,11-/m1/s1. The summed E-state index contributed by atoms with van der Waals surface area (Å²) in [6, 6.07) is 8.74. The fourth-order valence-electron chi connectivity index (χ4n) is 1.73. The van der Waals surface area contributed by atoms with Crippen LogP contribution in [0.3, 0.4) is 0 Å². The Morgan fingerprint density at radius 1 is 1.25 bits per heavy atom. The number of benzene rings is 1. The van der Waals surface area contributed by atoms with E-state index in [1.165, 1.54) is 5.56 Å². The van der Waals surface area contributed by atoms with Crippen LogP contribution in [0, 0.1) is 0 Å². The molecule has 16 heavy (non-hydrogen) atoms. The summed E-state index contributed by atoms with van der Waals surface area (Å²) < 4.78 is 10.3. The highest BCUT2D eigenvalue weighted by Gasteiger charge is 2.09. The van der Waals surface area contributed by atoms with Gasteiger partial charge >= 0.3 is 0 Å². The monoisotopic (exact) mass is 223 g/mol. The van der Waals surface area contributed by atoms with Crippen molar-refractivity contribution in [3.05, 3.63) is 29.8 Å². The number of ether oxygens (including phenoxy) is 2. The zero-order valence-electron chi connectivity index (χ0n) is 10.5. The van der Waals surface area contributed by atoms with Gasteiger partial charge in [-0.3, -0.25) is 0 Å². The molecular formula is C13H21NO2. The summed E-state index contributed by atoms with van der Waals surface area (Å²) in [5.41, 5.74) is 1.22. The molecule has 0 saturated carbocycles. The molecule has 0 bridgehead atoms. The summed E-state index contributed by atoms with van der Waals surface area (Å²) in [6.07, 6.45) is 0. The number of rotatable bonds is 6. The number of hydrogen-bond donors (Lipinski definition) is 1. The van der Waals surface area contributed by atoms with Crippen molar-refractivity contribution in [1.29, 1.82) is 0 Å². The largest absolute Gasteiger partial charge is 0.497 e. The molecule has 0 spiro atoms. The Kier molecular flexibility index (Phi) is 5.29. The van der Waals surface area contributed by atoms with Crippen molar-refractivity contribution in [2.45, 2.75) is 25.9 Å². The SMILES string of the molecule is COCC(C)N[C@H](C)c1cccc(OC)c1. The topological polar surface area (TPSA) is 30.5 Å². The number of hydrogen-bond acceptors (Lipinski definition) is 3. The van der Waals surface area contributed by atoms with Gasteiger partial charge < -0.3 is 14.8 Å². The third kappa shape index (κ3) is 3.83. The lowest BCUT2D eigenvalue weighted by Crippen LogP contribution is -2.32. The third-order valence-corrected chi connectivity index (χ3v) is 2.54. The fourth-order valence-corrected chi connectivity index (χ4v) is 1.73. The van der Waals surface area contributed by atoms with Crippen LogP contribution in [0.4, 0.5) is 0 Å². The minimum Gasteiger partial charge on any atom is -0.497 e. The van der Waals surface area contributed by atoms with Crippen molar-refractivity contribution >= 4 is 0 Å². The second-order valence-electron chi connectivity index (χ2n) is 4.02. The lowest BCUT2D eigenvalue weighted by Gasteiger charge is -2.20. The van der Waals surface area contributed by atoms with Crippen LogP contribution in [0.15, 0.2) is 24.3 Å². The quantitative estimate of drug-likeness (QED) is 0.803. The van der Waals surface area contributed by atoms with Crippen molar-refractivity contribution in [3.63, 3.8) is 0 Å². The minimum absolute atomic E-state index is 0.292. The second-order valence-corrected chi connectivity index (χ2v) is 4.02. The zero-order chi connectivity index (χ0) is 12.0. The highest BCUT2D eigenvalue weighted by atomic mass is 16.5. The van der Waals surface area contributed by atoms with Crippen molar-refractivity contribution in [1.82, 2.24) is 5.32 Å². The van der Waals surface area contributed by atoms with Gasteiger partial charge in [-0.05, 0) is 31.5 Å². The summed E-state index contributed by atoms with van der Waals surface area (Å²) >= 11 is 0. The maximum absolute atomic E-state index is 5.21. The number of methoxy groups -OCH3 is 2. The van der Waals surface area contributed by atoms with Gasteiger partial charge in [0.2, 0.25) is 0 Å². The molecule has 0 fully saturated rings.